The standard InChI is InChI=1S/C23H31N3O5S/c1-4-18(2)24(3)17-19-6-5-7-20(16-19)23(27)12-14-25(15-13-23)32(30,31)22-10-8-21(9-11-22)26(28)29/h5-11,16,18,27H,4,12-15,17H2,1-3H3. The molecule has 1 fully saturated rings. The third-order valence-electron chi connectivity index (χ3n) is 6.47. The maximum atomic E-state index is 13.0. The molecule has 3 rings (SSSR count). The highest BCUT2D eigenvalue weighted by molar-refractivity contribution is 7.89. The molecule has 1 N–H and O–H groups in total. The summed E-state index contributed by atoms with van der Waals surface area (Å²) >= 11 is 0. The molecule has 1 heterocycles. The molecule has 1 unspecified atom stereocenters. The second-order valence-electron chi connectivity index (χ2n) is 8.56. The van der Waals surface area contributed by atoms with Crippen molar-refractivity contribution in [2.75, 3.05) is 20.1 Å². The van der Waals surface area contributed by atoms with Gasteiger partial charge in [-0.15, -0.1) is 0 Å². The largest absolute Gasteiger partial charge is 0.385 e. The van der Waals surface area contributed by atoms with E-state index in [9.17, 15) is 23.6 Å². The van der Waals surface area contributed by atoms with Crippen LogP contribution in [-0.2, 0) is 22.2 Å². The summed E-state index contributed by atoms with van der Waals surface area (Å²) in [7, 11) is -1.70. The molecule has 0 amide bonds. The minimum absolute atomic E-state index is 0.0172. The van der Waals surface area contributed by atoms with Gasteiger partial charge >= 0.3 is 0 Å². The Labute approximate surface area is 189 Å². The summed E-state index contributed by atoms with van der Waals surface area (Å²) in [5, 5.41) is 22.1. The predicted molar refractivity (Wildman–Crippen MR) is 123 cm³/mol. The van der Waals surface area contributed by atoms with Gasteiger partial charge in [0.15, 0.2) is 0 Å². The lowest BCUT2D eigenvalue weighted by Crippen LogP contribution is -2.45. The van der Waals surface area contributed by atoms with E-state index in [2.05, 4.69) is 25.8 Å². The second kappa shape index (κ2) is 9.66. The quantitative estimate of drug-likeness (QED) is 0.477. The molecular weight excluding hydrogens is 430 g/mol. The predicted octanol–water partition coefficient (Wildman–Crippen LogP) is 3.50. The van der Waals surface area contributed by atoms with Crippen molar-refractivity contribution in [2.24, 2.45) is 0 Å². The summed E-state index contributed by atoms with van der Waals surface area (Å²) in [4.78, 5) is 12.5. The Morgan fingerprint density at radius 3 is 2.38 bits per heavy atom. The molecule has 2 aromatic carbocycles. The number of benzene rings is 2. The first-order valence-corrected chi connectivity index (χ1v) is 12.3. The number of hydrogen-bond donors (Lipinski definition) is 1. The molecule has 32 heavy (non-hydrogen) atoms. The first-order valence-electron chi connectivity index (χ1n) is 10.8. The normalized spacial score (nSPS) is 17.9. The van der Waals surface area contributed by atoms with Crippen molar-refractivity contribution < 1.29 is 18.4 Å². The number of nitro benzene ring substituents is 1. The Balaban J connectivity index is 1.71. The molecule has 0 saturated carbocycles. The summed E-state index contributed by atoms with van der Waals surface area (Å²) < 4.78 is 27.2. The highest BCUT2D eigenvalue weighted by Gasteiger charge is 2.38. The molecule has 0 aromatic heterocycles. The Morgan fingerprint density at radius 2 is 1.81 bits per heavy atom. The van der Waals surface area contributed by atoms with Crippen molar-refractivity contribution in [2.45, 2.75) is 56.2 Å². The van der Waals surface area contributed by atoms with Crippen molar-refractivity contribution in [3.8, 4) is 0 Å². The number of non-ortho nitro benzene ring substituents is 1. The van der Waals surface area contributed by atoms with Crippen LogP contribution >= 0.6 is 0 Å². The zero-order valence-electron chi connectivity index (χ0n) is 18.8. The van der Waals surface area contributed by atoms with E-state index in [4.69, 9.17) is 0 Å². The zero-order valence-corrected chi connectivity index (χ0v) is 19.6. The van der Waals surface area contributed by atoms with Crippen molar-refractivity contribution in [1.29, 1.82) is 0 Å². The molecule has 0 aliphatic carbocycles. The highest BCUT2D eigenvalue weighted by atomic mass is 32.2. The van der Waals surface area contributed by atoms with E-state index in [1.54, 1.807) is 0 Å². The molecule has 1 aliphatic heterocycles. The molecule has 0 radical (unpaired) electrons. The van der Waals surface area contributed by atoms with Gasteiger partial charge in [0, 0.05) is 37.8 Å². The minimum Gasteiger partial charge on any atom is -0.385 e. The number of piperidine rings is 1. The third-order valence-corrected chi connectivity index (χ3v) is 8.39. The van der Waals surface area contributed by atoms with Gasteiger partial charge in [-0.3, -0.25) is 15.0 Å². The van der Waals surface area contributed by atoms with Crippen LogP contribution in [0.5, 0.6) is 0 Å². The minimum atomic E-state index is -3.78. The van der Waals surface area contributed by atoms with Gasteiger partial charge < -0.3 is 5.11 Å². The maximum absolute atomic E-state index is 13.0. The highest BCUT2D eigenvalue weighted by Crippen LogP contribution is 2.35. The molecule has 0 spiro atoms. The van der Waals surface area contributed by atoms with Crippen LogP contribution in [0.15, 0.2) is 53.4 Å². The molecular formula is C23H31N3O5S. The fraction of sp³-hybridized carbons (Fsp3) is 0.478. The zero-order chi connectivity index (χ0) is 23.5. The van der Waals surface area contributed by atoms with Gasteiger partial charge in [-0.05, 0) is 56.5 Å². The monoisotopic (exact) mass is 461 g/mol. The average Bonchev–Trinajstić information content (AvgIpc) is 2.79. The molecule has 1 aliphatic rings. The molecule has 9 heteroatoms. The van der Waals surface area contributed by atoms with Gasteiger partial charge in [0.2, 0.25) is 10.0 Å². The smallest absolute Gasteiger partial charge is 0.269 e. The Hall–Kier alpha value is -2.33. The van der Waals surface area contributed by atoms with Crippen LogP contribution < -0.4 is 0 Å². The number of rotatable bonds is 8. The first kappa shape index (κ1) is 24.3. The van der Waals surface area contributed by atoms with Crippen LogP contribution in [0.25, 0.3) is 0 Å². The first-order chi connectivity index (χ1) is 15.1. The van der Waals surface area contributed by atoms with Crippen LogP contribution in [0.3, 0.4) is 0 Å². The lowest BCUT2D eigenvalue weighted by molar-refractivity contribution is -0.384. The van der Waals surface area contributed by atoms with Gasteiger partial charge in [-0.2, -0.15) is 4.31 Å². The summed E-state index contributed by atoms with van der Waals surface area (Å²) in [5.41, 5.74) is 0.669. The van der Waals surface area contributed by atoms with Gasteiger partial charge in [-0.25, -0.2) is 8.42 Å². The topological polar surface area (TPSA) is 104 Å². The lowest BCUT2D eigenvalue weighted by Gasteiger charge is -2.38. The number of aliphatic hydroxyl groups is 1. The molecule has 174 valence electrons. The fourth-order valence-electron chi connectivity index (χ4n) is 3.99. The van der Waals surface area contributed by atoms with Crippen LogP contribution in [-0.4, -0.2) is 53.8 Å². The Bertz CT molecular complexity index is 1050. The third kappa shape index (κ3) is 5.17. The lowest BCUT2D eigenvalue weighted by atomic mass is 9.84. The van der Waals surface area contributed by atoms with Gasteiger partial charge in [0.05, 0.1) is 15.4 Å². The maximum Gasteiger partial charge on any atom is 0.269 e. The van der Waals surface area contributed by atoms with E-state index in [1.807, 2.05) is 24.3 Å². The van der Waals surface area contributed by atoms with Crippen LogP contribution in [0.2, 0.25) is 0 Å². The van der Waals surface area contributed by atoms with Crippen molar-refractivity contribution in [1.82, 2.24) is 9.21 Å². The van der Waals surface area contributed by atoms with Crippen molar-refractivity contribution >= 4 is 15.7 Å². The number of nitro groups is 1. The van der Waals surface area contributed by atoms with E-state index >= 15 is 0 Å². The Morgan fingerprint density at radius 1 is 1.19 bits per heavy atom. The molecule has 1 atom stereocenters. The van der Waals surface area contributed by atoms with Crippen molar-refractivity contribution in [3.63, 3.8) is 0 Å². The van der Waals surface area contributed by atoms with Gasteiger partial charge in [0.25, 0.3) is 5.69 Å². The fourth-order valence-corrected chi connectivity index (χ4v) is 5.43. The van der Waals surface area contributed by atoms with E-state index in [0.717, 1.165) is 24.1 Å². The van der Waals surface area contributed by atoms with E-state index in [-0.39, 0.29) is 36.5 Å². The number of nitrogens with zero attached hydrogens (tertiary/aromatic N) is 3. The molecule has 2 aromatic rings. The summed E-state index contributed by atoms with van der Waals surface area (Å²) in [6.45, 7) is 5.45. The van der Waals surface area contributed by atoms with Crippen molar-refractivity contribution in [3.05, 3.63) is 69.8 Å². The van der Waals surface area contributed by atoms with Gasteiger partial charge in [-0.1, -0.05) is 31.2 Å². The molecule has 8 nitrogen and oxygen atoms in total. The SMILES string of the molecule is CCC(C)N(C)Cc1cccc(C2(O)CCN(S(=O)(=O)c3ccc([N+](=O)[O-])cc3)CC2)c1. The summed E-state index contributed by atoms with van der Waals surface area (Å²) in [6.07, 6.45) is 1.62. The summed E-state index contributed by atoms with van der Waals surface area (Å²) in [5.74, 6) is 0. The molecule has 1 saturated heterocycles. The van der Waals surface area contributed by atoms with Gasteiger partial charge in [0.1, 0.15) is 0 Å². The van der Waals surface area contributed by atoms with E-state index in [1.165, 1.54) is 28.6 Å². The van der Waals surface area contributed by atoms with E-state index < -0.39 is 20.5 Å². The second-order valence-corrected chi connectivity index (χ2v) is 10.5. The van der Waals surface area contributed by atoms with E-state index in [0.29, 0.717) is 6.04 Å². The average molecular weight is 462 g/mol. The van der Waals surface area contributed by atoms with Crippen LogP contribution in [0.1, 0.15) is 44.2 Å². The number of sulfonamides is 1. The van der Waals surface area contributed by atoms with Crippen LogP contribution in [0.4, 0.5) is 5.69 Å². The summed E-state index contributed by atoms with van der Waals surface area (Å²) in [6, 6.07) is 13.2. The number of hydrogen-bond acceptors (Lipinski definition) is 6. The Kier molecular flexibility index (Phi) is 7.34. The van der Waals surface area contributed by atoms with Crippen LogP contribution in [0, 0.1) is 10.1 Å². The molecule has 0 bridgehead atoms.